The van der Waals surface area contributed by atoms with Crippen molar-refractivity contribution in [3.05, 3.63) is 59.2 Å². The van der Waals surface area contributed by atoms with Gasteiger partial charge in [-0.25, -0.2) is 8.42 Å². The van der Waals surface area contributed by atoms with Crippen LogP contribution >= 0.6 is 0 Å². The number of carboxylic acids is 1. The number of carboxylic acid groups (broad SMARTS) is 1. The lowest BCUT2D eigenvalue weighted by Crippen LogP contribution is -2.48. The van der Waals surface area contributed by atoms with Crippen LogP contribution in [0.1, 0.15) is 16.7 Å². The third kappa shape index (κ3) is 4.31. The molecule has 0 aromatic heterocycles. The quantitative estimate of drug-likeness (QED) is 0.851. The summed E-state index contributed by atoms with van der Waals surface area (Å²) < 4.78 is 27.3. The molecule has 144 valence electrons. The summed E-state index contributed by atoms with van der Waals surface area (Å²) in [6.45, 7) is 6.19. The van der Waals surface area contributed by atoms with Gasteiger partial charge in [0.2, 0.25) is 10.0 Å². The molecule has 2 aromatic carbocycles. The van der Waals surface area contributed by atoms with Crippen molar-refractivity contribution in [1.82, 2.24) is 4.31 Å². The van der Waals surface area contributed by atoms with Crippen LogP contribution in [0, 0.1) is 13.8 Å². The number of anilines is 1. The number of hydrogen-bond donors (Lipinski definition) is 1. The minimum absolute atomic E-state index is 0.154. The Morgan fingerprint density at radius 2 is 1.70 bits per heavy atom. The zero-order chi connectivity index (χ0) is 19.6. The molecule has 1 saturated heterocycles. The summed E-state index contributed by atoms with van der Waals surface area (Å²) in [5.41, 5.74) is 4.05. The van der Waals surface area contributed by atoms with Crippen LogP contribution in [0.3, 0.4) is 0 Å². The normalized spacial score (nSPS) is 15.7. The van der Waals surface area contributed by atoms with Crippen molar-refractivity contribution in [2.45, 2.75) is 25.2 Å². The Morgan fingerprint density at radius 1 is 1.00 bits per heavy atom. The van der Waals surface area contributed by atoms with Crippen LogP contribution in [0.15, 0.2) is 47.4 Å². The van der Waals surface area contributed by atoms with E-state index in [-0.39, 0.29) is 11.3 Å². The summed E-state index contributed by atoms with van der Waals surface area (Å²) in [6.07, 6.45) is -0.191. The smallest absolute Gasteiger partial charge is 0.307 e. The minimum Gasteiger partial charge on any atom is -0.481 e. The number of hydrogen-bond acceptors (Lipinski definition) is 4. The molecule has 1 heterocycles. The fourth-order valence-electron chi connectivity index (χ4n) is 3.25. The second-order valence-electron chi connectivity index (χ2n) is 6.88. The Labute approximate surface area is 160 Å². The number of aryl methyl sites for hydroxylation is 2. The van der Waals surface area contributed by atoms with Crippen molar-refractivity contribution in [2.75, 3.05) is 31.1 Å². The molecule has 0 radical (unpaired) electrons. The fraction of sp³-hybridized carbons (Fsp3) is 0.350. The highest BCUT2D eigenvalue weighted by Crippen LogP contribution is 2.23. The second kappa shape index (κ2) is 7.70. The molecule has 0 unspecified atom stereocenters. The van der Waals surface area contributed by atoms with Gasteiger partial charge in [-0.05, 0) is 54.8 Å². The van der Waals surface area contributed by atoms with Gasteiger partial charge < -0.3 is 10.0 Å². The second-order valence-corrected chi connectivity index (χ2v) is 8.82. The van der Waals surface area contributed by atoms with Crippen molar-refractivity contribution < 1.29 is 18.3 Å². The number of nitrogens with zero attached hydrogens (tertiary/aromatic N) is 2. The van der Waals surface area contributed by atoms with Crippen molar-refractivity contribution in [1.29, 1.82) is 0 Å². The average Bonchev–Trinajstić information content (AvgIpc) is 2.64. The summed E-state index contributed by atoms with van der Waals surface area (Å²) in [5.74, 6) is -0.980. The third-order valence-corrected chi connectivity index (χ3v) is 6.88. The molecular weight excluding hydrogens is 364 g/mol. The molecular formula is C20H24N2O4S. The number of benzene rings is 2. The largest absolute Gasteiger partial charge is 0.481 e. The zero-order valence-electron chi connectivity index (χ0n) is 15.6. The molecule has 2 aromatic rings. The van der Waals surface area contributed by atoms with E-state index in [2.05, 4.69) is 36.9 Å². The Balaban J connectivity index is 1.73. The van der Waals surface area contributed by atoms with E-state index < -0.39 is 16.0 Å². The average molecular weight is 388 g/mol. The summed E-state index contributed by atoms with van der Waals surface area (Å²) in [7, 11) is -3.63. The Bertz CT molecular complexity index is 948. The first-order chi connectivity index (χ1) is 12.8. The first kappa shape index (κ1) is 19.4. The Hall–Kier alpha value is -2.38. The van der Waals surface area contributed by atoms with Gasteiger partial charge in [-0.3, -0.25) is 4.79 Å². The monoisotopic (exact) mass is 388 g/mol. The van der Waals surface area contributed by atoms with Crippen LogP contribution in [0.25, 0.3) is 0 Å². The molecule has 1 aliphatic heterocycles. The highest BCUT2D eigenvalue weighted by molar-refractivity contribution is 7.89. The molecule has 0 saturated carbocycles. The maximum absolute atomic E-state index is 12.9. The fourth-order valence-corrected chi connectivity index (χ4v) is 4.74. The van der Waals surface area contributed by atoms with Gasteiger partial charge >= 0.3 is 5.97 Å². The van der Waals surface area contributed by atoms with Gasteiger partial charge in [-0.1, -0.05) is 18.2 Å². The van der Waals surface area contributed by atoms with Crippen LogP contribution in [-0.4, -0.2) is 50.0 Å². The molecule has 7 heteroatoms. The predicted molar refractivity (Wildman–Crippen MR) is 105 cm³/mol. The van der Waals surface area contributed by atoms with Crippen LogP contribution in [-0.2, 0) is 21.2 Å². The van der Waals surface area contributed by atoms with Crippen molar-refractivity contribution >= 4 is 21.7 Å². The Kier molecular flexibility index (Phi) is 5.53. The maximum Gasteiger partial charge on any atom is 0.307 e. The maximum atomic E-state index is 12.9. The summed E-state index contributed by atoms with van der Waals surface area (Å²) in [4.78, 5) is 13.2. The number of sulfonamides is 1. The molecule has 3 rings (SSSR count). The van der Waals surface area contributed by atoms with E-state index in [1.165, 1.54) is 27.6 Å². The van der Waals surface area contributed by atoms with Crippen LogP contribution in [0.2, 0.25) is 0 Å². The number of rotatable bonds is 5. The van der Waals surface area contributed by atoms with Crippen LogP contribution < -0.4 is 4.90 Å². The highest BCUT2D eigenvalue weighted by atomic mass is 32.2. The van der Waals surface area contributed by atoms with Gasteiger partial charge in [-0.2, -0.15) is 4.31 Å². The standard InChI is InChI=1S/C20H24N2O4S/c1-15-6-7-18(12-16(15)2)21-8-10-22(11-9-21)27(25,26)19-5-3-4-17(13-19)14-20(23)24/h3-7,12-13H,8-11,14H2,1-2H3,(H,23,24). The first-order valence-corrected chi connectivity index (χ1v) is 10.3. The molecule has 1 N–H and O–H groups in total. The lowest BCUT2D eigenvalue weighted by Gasteiger charge is -2.35. The van der Waals surface area contributed by atoms with E-state index in [1.807, 2.05) is 0 Å². The summed E-state index contributed by atoms with van der Waals surface area (Å²) in [5, 5.41) is 8.92. The van der Waals surface area contributed by atoms with Gasteiger partial charge in [0.05, 0.1) is 11.3 Å². The van der Waals surface area contributed by atoms with E-state index in [4.69, 9.17) is 5.11 Å². The summed E-state index contributed by atoms with van der Waals surface area (Å²) in [6, 6.07) is 12.5. The SMILES string of the molecule is Cc1ccc(N2CCN(S(=O)(=O)c3cccc(CC(=O)O)c3)CC2)cc1C. The minimum atomic E-state index is -3.63. The van der Waals surface area contributed by atoms with Gasteiger partial charge in [0, 0.05) is 31.9 Å². The van der Waals surface area contributed by atoms with E-state index in [0.29, 0.717) is 31.7 Å². The Morgan fingerprint density at radius 3 is 2.33 bits per heavy atom. The lowest BCUT2D eigenvalue weighted by molar-refractivity contribution is -0.136. The highest BCUT2D eigenvalue weighted by Gasteiger charge is 2.28. The number of piperazine rings is 1. The molecule has 1 fully saturated rings. The van der Waals surface area contributed by atoms with Gasteiger partial charge in [0.1, 0.15) is 0 Å². The zero-order valence-corrected chi connectivity index (χ0v) is 16.4. The first-order valence-electron chi connectivity index (χ1n) is 8.90. The molecule has 1 aliphatic rings. The van der Waals surface area contributed by atoms with Crippen molar-refractivity contribution in [2.24, 2.45) is 0 Å². The molecule has 0 amide bonds. The van der Waals surface area contributed by atoms with E-state index in [0.717, 1.165) is 5.69 Å². The van der Waals surface area contributed by atoms with Gasteiger partial charge in [0.25, 0.3) is 0 Å². The van der Waals surface area contributed by atoms with Crippen LogP contribution in [0.5, 0.6) is 0 Å². The molecule has 0 bridgehead atoms. The van der Waals surface area contributed by atoms with Crippen molar-refractivity contribution in [3.8, 4) is 0 Å². The lowest BCUT2D eigenvalue weighted by atomic mass is 10.1. The third-order valence-electron chi connectivity index (χ3n) is 4.99. The van der Waals surface area contributed by atoms with Crippen molar-refractivity contribution in [3.63, 3.8) is 0 Å². The summed E-state index contributed by atoms with van der Waals surface area (Å²) >= 11 is 0. The van der Waals surface area contributed by atoms with Crippen LogP contribution in [0.4, 0.5) is 5.69 Å². The number of aliphatic carboxylic acids is 1. The number of carbonyl (C=O) groups is 1. The van der Waals surface area contributed by atoms with Gasteiger partial charge in [-0.15, -0.1) is 0 Å². The topological polar surface area (TPSA) is 77.9 Å². The van der Waals surface area contributed by atoms with E-state index in [9.17, 15) is 13.2 Å². The van der Waals surface area contributed by atoms with E-state index >= 15 is 0 Å². The molecule has 0 atom stereocenters. The molecule has 27 heavy (non-hydrogen) atoms. The predicted octanol–water partition coefficient (Wildman–Crippen LogP) is 2.44. The molecule has 6 nitrogen and oxygen atoms in total. The molecule has 0 spiro atoms. The van der Waals surface area contributed by atoms with Gasteiger partial charge in [0.15, 0.2) is 0 Å². The molecule has 0 aliphatic carbocycles. The van der Waals surface area contributed by atoms with E-state index in [1.54, 1.807) is 12.1 Å².